The summed E-state index contributed by atoms with van der Waals surface area (Å²) in [6.45, 7) is 0. The number of para-hydroxylation sites is 1. The van der Waals surface area contributed by atoms with Crippen molar-refractivity contribution in [3.05, 3.63) is 56.9 Å². The monoisotopic (exact) mass is 264 g/mol. The van der Waals surface area contributed by atoms with E-state index in [1.807, 2.05) is 0 Å². The maximum atomic E-state index is 11.9. The van der Waals surface area contributed by atoms with Crippen LogP contribution in [0.1, 0.15) is 10.4 Å². The molecule has 2 rings (SSSR count). The largest absolute Gasteiger partial charge is 0.477 e. The van der Waals surface area contributed by atoms with Crippen LogP contribution in [0.4, 0.5) is 0 Å². The van der Waals surface area contributed by atoms with Gasteiger partial charge in [0.15, 0.2) is 0 Å². The van der Waals surface area contributed by atoms with Gasteiger partial charge in [-0.25, -0.2) is 14.2 Å². The minimum Gasteiger partial charge on any atom is -0.477 e. The SMILES string of the molecule is O=C(O)c1c[nH]c(=O)n(-c2ccccc2S)c1=O. The van der Waals surface area contributed by atoms with E-state index in [2.05, 4.69) is 17.6 Å². The van der Waals surface area contributed by atoms with Crippen molar-refractivity contribution < 1.29 is 9.90 Å². The average Bonchev–Trinajstić information content (AvgIpc) is 2.31. The van der Waals surface area contributed by atoms with Crippen molar-refractivity contribution in [1.29, 1.82) is 0 Å². The minimum atomic E-state index is -1.40. The van der Waals surface area contributed by atoms with E-state index >= 15 is 0 Å². The molecule has 6 nitrogen and oxygen atoms in total. The number of H-pyrrole nitrogens is 1. The number of carboxylic acid groups (broad SMARTS) is 1. The third kappa shape index (κ3) is 1.95. The Hall–Kier alpha value is -2.28. The van der Waals surface area contributed by atoms with E-state index in [0.29, 0.717) is 4.90 Å². The Kier molecular flexibility index (Phi) is 3.07. The molecule has 0 atom stereocenters. The lowest BCUT2D eigenvalue weighted by atomic mass is 10.3. The van der Waals surface area contributed by atoms with Gasteiger partial charge in [0.05, 0.1) is 5.69 Å². The molecule has 0 saturated carbocycles. The predicted molar refractivity (Wildman–Crippen MR) is 66.9 cm³/mol. The van der Waals surface area contributed by atoms with Gasteiger partial charge in [0, 0.05) is 11.1 Å². The van der Waals surface area contributed by atoms with Crippen LogP contribution < -0.4 is 11.2 Å². The van der Waals surface area contributed by atoms with E-state index in [-0.39, 0.29) is 5.69 Å². The Labute approximate surface area is 106 Å². The van der Waals surface area contributed by atoms with Crippen LogP contribution in [-0.4, -0.2) is 20.6 Å². The van der Waals surface area contributed by atoms with E-state index in [0.717, 1.165) is 10.8 Å². The van der Waals surface area contributed by atoms with Crippen LogP contribution in [0, 0.1) is 0 Å². The van der Waals surface area contributed by atoms with Crippen LogP contribution in [0.5, 0.6) is 0 Å². The molecule has 0 saturated heterocycles. The summed E-state index contributed by atoms with van der Waals surface area (Å²) in [6.07, 6.45) is 0.880. The van der Waals surface area contributed by atoms with Crippen molar-refractivity contribution in [2.45, 2.75) is 4.90 Å². The van der Waals surface area contributed by atoms with E-state index in [1.165, 1.54) is 6.07 Å². The number of hydrogen-bond donors (Lipinski definition) is 3. The second-order valence-electron chi connectivity index (χ2n) is 3.44. The zero-order chi connectivity index (χ0) is 13.3. The van der Waals surface area contributed by atoms with Gasteiger partial charge in [-0.15, -0.1) is 12.6 Å². The molecule has 0 radical (unpaired) electrons. The van der Waals surface area contributed by atoms with Gasteiger partial charge < -0.3 is 10.1 Å². The summed E-state index contributed by atoms with van der Waals surface area (Å²) in [5.74, 6) is -1.40. The lowest BCUT2D eigenvalue weighted by Crippen LogP contribution is -2.36. The topological polar surface area (TPSA) is 92.2 Å². The number of benzene rings is 1. The fourth-order valence-corrected chi connectivity index (χ4v) is 1.76. The molecule has 0 aliphatic rings. The van der Waals surface area contributed by atoms with Gasteiger partial charge in [-0.3, -0.25) is 4.79 Å². The first-order valence-corrected chi connectivity index (χ1v) is 5.33. The Morgan fingerprint density at radius 3 is 2.56 bits per heavy atom. The summed E-state index contributed by atoms with van der Waals surface area (Å²) in [5, 5.41) is 8.84. The smallest absolute Gasteiger partial charge is 0.342 e. The summed E-state index contributed by atoms with van der Waals surface area (Å²) in [7, 11) is 0. The molecule has 0 unspecified atom stereocenters. The normalized spacial score (nSPS) is 10.3. The molecule has 0 fully saturated rings. The van der Waals surface area contributed by atoms with Crippen LogP contribution in [-0.2, 0) is 0 Å². The van der Waals surface area contributed by atoms with Crippen molar-refractivity contribution in [3.63, 3.8) is 0 Å². The van der Waals surface area contributed by atoms with Gasteiger partial charge >= 0.3 is 11.7 Å². The van der Waals surface area contributed by atoms with Gasteiger partial charge in [0.2, 0.25) is 0 Å². The van der Waals surface area contributed by atoms with E-state index < -0.39 is 22.8 Å². The zero-order valence-corrected chi connectivity index (χ0v) is 9.85. The van der Waals surface area contributed by atoms with E-state index in [9.17, 15) is 14.4 Å². The Balaban J connectivity index is 2.84. The highest BCUT2D eigenvalue weighted by atomic mass is 32.1. The van der Waals surface area contributed by atoms with Gasteiger partial charge in [-0.2, -0.15) is 0 Å². The number of nitrogens with zero attached hydrogens (tertiary/aromatic N) is 1. The highest BCUT2D eigenvalue weighted by molar-refractivity contribution is 7.80. The Morgan fingerprint density at radius 1 is 1.28 bits per heavy atom. The third-order valence-corrected chi connectivity index (χ3v) is 2.71. The van der Waals surface area contributed by atoms with E-state index in [4.69, 9.17) is 5.11 Å². The minimum absolute atomic E-state index is 0.232. The molecule has 0 aliphatic heterocycles. The van der Waals surface area contributed by atoms with Crippen LogP contribution >= 0.6 is 12.6 Å². The zero-order valence-electron chi connectivity index (χ0n) is 8.95. The first-order valence-electron chi connectivity index (χ1n) is 4.89. The molecular formula is C11H8N2O4S. The number of carbonyl (C=O) groups is 1. The first kappa shape index (κ1) is 12.2. The summed E-state index contributed by atoms with van der Waals surface area (Å²) in [6, 6.07) is 6.41. The number of thiol groups is 1. The number of aromatic amines is 1. The fourth-order valence-electron chi connectivity index (χ4n) is 1.50. The molecule has 0 amide bonds. The highest BCUT2D eigenvalue weighted by Gasteiger charge is 2.15. The van der Waals surface area contributed by atoms with Crippen molar-refractivity contribution >= 4 is 18.6 Å². The molecule has 18 heavy (non-hydrogen) atoms. The number of aromatic nitrogens is 2. The van der Waals surface area contributed by atoms with Crippen molar-refractivity contribution in [2.24, 2.45) is 0 Å². The lowest BCUT2D eigenvalue weighted by Gasteiger charge is -2.07. The molecule has 0 aliphatic carbocycles. The standard InChI is InChI=1S/C11H8N2O4S/c14-9-6(10(15)16)5-12-11(17)13(9)7-3-1-2-4-8(7)18/h1-5,18H,(H,12,17)(H,15,16). The summed E-state index contributed by atoms with van der Waals surface area (Å²) < 4.78 is 0.742. The molecule has 7 heteroatoms. The average molecular weight is 264 g/mol. The highest BCUT2D eigenvalue weighted by Crippen LogP contribution is 2.14. The molecule has 2 N–H and O–H groups in total. The van der Waals surface area contributed by atoms with Crippen LogP contribution in [0.3, 0.4) is 0 Å². The van der Waals surface area contributed by atoms with E-state index in [1.54, 1.807) is 18.2 Å². The molecule has 0 spiro atoms. The fraction of sp³-hybridized carbons (Fsp3) is 0. The molecule has 92 valence electrons. The number of rotatable bonds is 2. The number of carboxylic acids is 1. The Morgan fingerprint density at radius 2 is 1.94 bits per heavy atom. The number of hydrogen-bond acceptors (Lipinski definition) is 4. The lowest BCUT2D eigenvalue weighted by molar-refractivity contribution is 0.0694. The predicted octanol–water partition coefficient (Wildman–Crippen LogP) is 0.513. The van der Waals surface area contributed by atoms with Gasteiger partial charge in [-0.05, 0) is 12.1 Å². The molecule has 1 aromatic heterocycles. The summed E-state index contributed by atoms with van der Waals surface area (Å²) in [4.78, 5) is 37.0. The molecule has 1 aromatic carbocycles. The van der Waals surface area contributed by atoms with Gasteiger partial charge in [0.25, 0.3) is 5.56 Å². The number of nitrogens with one attached hydrogen (secondary N) is 1. The quantitative estimate of drug-likeness (QED) is 0.689. The Bertz CT molecular complexity index is 732. The first-order chi connectivity index (χ1) is 8.52. The molecule has 2 aromatic rings. The van der Waals surface area contributed by atoms with Gasteiger partial charge in [-0.1, -0.05) is 12.1 Å². The third-order valence-electron chi connectivity index (χ3n) is 2.33. The van der Waals surface area contributed by atoms with Crippen molar-refractivity contribution in [2.75, 3.05) is 0 Å². The van der Waals surface area contributed by atoms with Gasteiger partial charge in [0.1, 0.15) is 5.56 Å². The van der Waals surface area contributed by atoms with Crippen molar-refractivity contribution in [3.8, 4) is 5.69 Å². The van der Waals surface area contributed by atoms with Crippen LogP contribution in [0.25, 0.3) is 5.69 Å². The maximum absolute atomic E-state index is 11.9. The maximum Gasteiger partial charge on any atom is 0.342 e. The second-order valence-corrected chi connectivity index (χ2v) is 3.92. The van der Waals surface area contributed by atoms with Crippen molar-refractivity contribution in [1.82, 2.24) is 9.55 Å². The molecule has 0 bridgehead atoms. The second kappa shape index (κ2) is 4.53. The molecule has 1 heterocycles. The summed E-state index contributed by atoms with van der Waals surface area (Å²) >= 11 is 4.13. The molecular weight excluding hydrogens is 256 g/mol. The number of aromatic carboxylic acids is 1. The van der Waals surface area contributed by atoms with Crippen LogP contribution in [0.2, 0.25) is 0 Å². The summed E-state index contributed by atoms with van der Waals surface area (Å²) in [5.41, 5.74) is -1.89. The van der Waals surface area contributed by atoms with Crippen LogP contribution in [0.15, 0.2) is 44.9 Å².